The zero-order valence-electron chi connectivity index (χ0n) is 72.5. The molecule has 0 bridgehead atoms. The number of rotatable bonds is 11. The third-order valence-electron chi connectivity index (χ3n) is 33.5. The molecule has 0 saturated heterocycles. The van der Waals surface area contributed by atoms with Crippen LogP contribution >= 0.6 is 17.0 Å². The molecule has 21 atom stereocenters. The molecule has 13 aliphatic rings. The quantitative estimate of drug-likeness (QED) is 0.104. The Balaban J connectivity index is 0.000000163. The summed E-state index contributed by atoms with van der Waals surface area (Å²) in [6, 6.07) is 31.6. The van der Waals surface area contributed by atoms with Crippen molar-refractivity contribution in [1.82, 2.24) is 0 Å². The molecule has 0 radical (unpaired) electrons. The average Bonchev–Trinajstić information content (AvgIpc) is 1.60. The molecule has 10 saturated carbocycles. The monoisotopic (exact) mass is 1610 g/mol. The van der Waals surface area contributed by atoms with Crippen LogP contribution in [-0.2, 0) is 20.8 Å². The molecular formula is C98H152Cl2Li2Si4Zr+2. The predicted molar refractivity (Wildman–Crippen MR) is 474 cm³/mol. The van der Waals surface area contributed by atoms with Gasteiger partial charge >= 0.3 is 75.6 Å². The van der Waals surface area contributed by atoms with E-state index in [1.165, 1.54) is 51.4 Å². The van der Waals surface area contributed by atoms with Crippen LogP contribution in [0.15, 0.2) is 103 Å². The Hall–Kier alpha value is -0.115. The van der Waals surface area contributed by atoms with Gasteiger partial charge in [0, 0.05) is 0 Å². The van der Waals surface area contributed by atoms with Crippen molar-refractivity contribution in [2.75, 3.05) is 0 Å². The van der Waals surface area contributed by atoms with Gasteiger partial charge in [-0.15, -0.1) is 0 Å². The van der Waals surface area contributed by atoms with E-state index in [2.05, 4.69) is 224 Å². The zero-order chi connectivity index (χ0) is 73.0. The number of allylic oxidation sites excluding steroid dienone is 5. The van der Waals surface area contributed by atoms with Gasteiger partial charge in [0.25, 0.3) is 0 Å². The van der Waals surface area contributed by atoms with E-state index in [0.29, 0.717) is 28.5 Å². The molecule has 0 aromatic heterocycles. The van der Waals surface area contributed by atoms with Gasteiger partial charge < -0.3 is 14.9 Å². The second-order valence-electron chi connectivity index (χ2n) is 41.5. The van der Waals surface area contributed by atoms with Crippen molar-refractivity contribution in [1.29, 1.82) is 0 Å². The molecule has 13 aliphatic carbocycles. The summed E-state index contributed by atoms with van der Waals surface area (Å²) in [4.78, 5) is 0. The Morgan fingerprint density at radius 2 is 0.729 bits per heavy atom. The smallest absolute Gasteiger partial charge is 1.00 e. The van der Waals surface area contributed by atoms with Gasteiger partial charge in [0.15, 0.2) is 0 Å². The molecule has 0 nitrogen and oxygen atoms in total. The van der Waals surface area contributed by atoms with Gasteiger partial charge in [-0.25, -0.2) is 0 Å². The topological polar surface area (TPSA) is 0 Å². The van der Waals surface area contributed by atoms with Crippen LogP contribution in [0.25, 0.3) is 28.0 Å². The zero-order valence-corrected chi connectivity index (χ0v) is 80.4. The van der Waals surface area contributed by atoms with Crippen LogP contribution in [0.5, 0.6) is 0 Å². The summed E-state index contributed by atoms with van der Waals surface area (Å²) < 4.78 is 0. The molecule has 0 spiro atoms. The summed E-state index contributed by atoms with van der Waals surface area (Å²) in [5, 5.41) is 2.74. The van der Waals surface area contributed by atoms with Crippen molar-refractivity contribution >= 4 is 77.3 Å². The Kier molecular flexibility index (Phi) is 32.7. The van der Waals surface area contributed by atoms with E-state index in [9.17, 15) is 0 Å². The fraction of sp³-hybridized carbons (Fsp3) is 0.694. The molecule has 0 N–H and O–H groups in total. The van der Waals surface area contributed by atoms with E-state index in [1.54, 1.807) is 182 Å². The minimum Gasteiger partial charge on any atom is 1.00 e. The fourth-order valence-corrected chi connectivity index (χ4v) is 44.9. The summed E-state index contributed by atoms with van der Waals surface area (Å²) in [6.45, 7) is 43.6. The summed E-state index contributed by atoms with van der Waals surface area (Å²) in [5.41, 5.74) is 18.8. The Morgan fingerprint density at radius 3 is 1.17 bits per heavy atom. The van der Waals surface area contributed by atoms with Crippen LogP contribution in [0, 0.1) is 121 Å². The first kappa shape index (κ1) is 90.8. The third-order valence-corrected chi connectivity index (χ3v) is 50.4. The van der Waals surface area contributed by atoms with E-state index in [1.807, 2.05) is 0 Å². The van der Waals surface area contributed by atoms with Gasteiger partial charge in [-0.3, -0.25) is 0 Å². The molecule has 10 fully saturated rings. The SMILES string of the molecule is CC(C)C1=CC([Si](C)(C)C)c2ccccc21.CC(C)C1=CC([Si](C)(C)C2C=Cc3c2ccc2ccccc32)c2ccccc21.CC(C)C1CC([Si](C)(C)C2CCC3C4CCCCC4CCC32)C2CCCCC12.CC(C)C1CC([Si](C)(C)C2CCC3C4CCCCC4CCC32)C2CCCCC12.[CH3-].[CH3-].[Cl][Zr+2][Cl].[Li+].[Li+]. The van der Waals surface area contributed by atoms with Crippen molar-refractivity contribution in [3.05, 3.63) is 151 Å². The summed E-state index contributed by atoms with van der Waals surface area (Å²) >= 11 is -0.826. The predicted octanol–water partition coefficient (Wildman–Crippen LogP) is 25.6. The second-order valence-corrected chi connectivity index (χ2v) is 65.8. The van der Waals surface area contributed by atoms with Crippen LogP contribution in [0.3, 0.4) is 0 Å². The van der Waals surface area contributed by atoms with Crippen molar-refractivity contribution in [3.63, 3.8) is 0 Å². The maximum atomic E-state index is 4.93. The van der Waals surface area contributed by atoms with Crippen molar-refractivity contribution in [2.45, 2.75) is 320 Å². The number of benzene rings is 4. The van der Waals surface area contributed by atoms with Gasteiger partial charge in [-0.2, -0.15) is 0 Å². The molecule has 0 aliphatic heterocycles. The van der Waals surface area contributed by atoms with E-state index >= 15 is 0 Å². The number of fused-ring (bicyclic) bond motifs is 13. The standard InChI is InChI=1S/2C27H48Si.C27H28Si.C15H22Si.2CH3.2ClH.2Li.Zr/c3*1-18(2)25-17-27(23-12-8-7-11-21(23)25)28(3,4)26-16-15-22-20-10-6-5-9-19(20)13-14-24(22)26;1-11(2)14-10-15(16(3,4)5)13-9-7-6-8-12(13)14;;;;;;;/h2*18-27H,5-17H2,1-4H3;5-18,26-27H,1-4H3;6-11,15H,1-5H3;2*1H3;2*1H;;;/q;;;;2*-1;;;2*+1;+4/p-2. The molecule has 107 heavy (non-hydrogen) atoms. The van der Waals surface area contributed by atoms with Crippen molar-refractivity contribution in [2.24, 2.45) is 107 Å². The van der Waals surface area contributed by atoms with Crippen LogP contribution in [0.1, 0.15) is 272 Å². The second kappa shape index (κ2) is 38.5. The summed E-state index contributed by atoms with van der Waals surface area (Å²) in [6.07, 6.45) is 51.4. The average molecular weight is 1620 g/mol. The molecule has 21 unspecified atom stereocenters. The molecule has 4 aromatic rings. The van der Waals surface area contributed by atoms with Gasteiger partial charge in [0.1, 0.15) is 0 Å². The molecule has 9 heteroatoms. The Labute approximate surface area is 706 Å². The minimum absolute atomic E-state index is 0. The van der Waals surface area contributed by atoms with Crippen LogP contribution in [-0.4, -0.2) is 32.3 Å². The van der Waals surface area contributed by atoms with E-state index in [-0.39, 0.29) is 52.6 Å². The van der Waals surface area contributed by atoms with Crippen LogP contribution in [0.4, 0.5) is 0 Å². The van der Waals surface area contributed by atoms with Gasteiger partial charge in [0.05, 0.1) is 32.3 Å². The number of halogens is 2. The first-order chi connectivity index (χ1) is 49.3. The maximum Gasteiger partial charge on any atom is 1.00 e. The molecule has 0 amide bonds. The number of hydrogen-bond donors (Lipinski definition) is 0. The maximum absolute atomic E-state index is 4.93. The number of hydrogen-bond acceptors (Lipinski definition) is 0. The first-order valence-electron chi connectivity index (χ1n) is 44.1. The van der Waals surface area contributed by atoms with Crippen molar-refractivity contribution < 1.29 is 58.6 Å². The first-order valence-corrected chi connectivity index (χ1v) is 63.4. The molecule has 4 aromatic carbocycles. The van der Waals surface area contributed by atoms with Crippen LogP contribution in [0.2, 0.25) is 81.1 Å². The molecular weight excluding hydrogens is 1470 g/mol. The Bertz CT molecular complexity index is 3500. The van der Waals surface area contributed by atoms with E-state index in [0.717, 1.165) is 106 Å². The van der Waals surface area contributed by atoms with Gasteiger partial charge in [-0.05, 0) is 278 Å². The molecule has 17 rings (SSSR count). The molecule has 0 heterocycles. The van der Waals surface area contributed by atoms with E-state index < -0.39 is 53.1 Å². The largest absolute Gasteiger partial charge is 1.00 e. The summed E-state index contributed by atoms with van der Waals surface area (Å²) in [7, 11) is 4.65. The van der Waals surface area contributed by atoms with Gasteiger partial charge in [-0.1, -0.05) is 313 Å². The van der Waals surface area contributed by atoms with E-state index in [4.69, 9.17) is 17.0 Å². The Morgan fingerprint density at radius 1 is 0.355 bits per heavy atom. The minimum atomic E-state index is -1.68. The van der Waals surface area contributed by atoms with Crippen LogP contribution < -0.4 is 37.7 Å². The molecule has 578 valence electrons. The third kappa shape index (κ3) is 18.4. The van der Waals surface area contributed by atoms with Gasteiger partial charge in [0.2, 0.25) is 0 Å². The van der Waals surface area contributed by atoms with Crippen molar-refractivity contribution in [3.8, 4) is 0 Å². The normalized spacial score (nSPS) is 34.1. The summed E-state index contributed by atoms with van der Waals surface area (Å²) in [5.74, 6) is 18.9. The fourth-order valence-electron chi connectivity index (χ4n) is 28.6.